The molecule has 0 aliphatic rings. The van der Waals surface area contributed by atoms with Crippen LogP contribution in [0.5, 0.6) is 5.75 Å². The number of hydrogen-bond acceptors (Lipinski definition) is 4. The third-order valence-electron chi connectivity index (χ3n) is 2.51. The minimum Gasteiger partial charge on any atom is -0.505 e. The molecule has 1 rings (SSSR count). The van der Waals surface area contributed by atoms with Crippen molar-refractivity contribution in [2.45, 2.75) is 38.8 Å². The fraction of sp³-hybridized carbons (Fsp3) is 0.429. The normalized spacial score (nSPS) is 12.6. The Balaban J connectivity index is 2.85. The molecular formula is C14H17Cl2NO5. The number of benzene rings is 1. The summed E-state index contributed by atoms with van der Waals surface area (Å²) in [5, 5.41) is 20.9. The monoisotopic (exact) mass is 349 g/mol. The minimum atomic E-state index is -1.23. The van der Waals surface area contributed by atoms with Crippen molar-refractivity contribution in [2.75, 3.05) is 0 Å². The van der Waals surface area contributed by atoms with Crippen LogP contribution in [0.1, 0.15) is 26.3 Å². The quantitative estimate of drug-likeness (QED) is 0.775. The number of phenolic OH excluding ortho intramolecular Hbond substituents is 1. The van der Waals surface area contributed by atoms with Crippen LogP contribution in [0.15, 0.2) is 12.1 Å². The molecule has 6 nitrogen and oxygen atoms in total. The predicted molar refractivity (Wildman–Crippen MR) is 82.6 cm³/mol. The molecule has 0 heterocycles. The van der Waals surface area contributed by atoms with Crippen LogP contribution in [0.4, 0.5) is 4.79 Å². The van der Waals surface area contributed by atoms with Crippen LogP contribution in [0.2, 0.25) is 10.0 Å². The summed E-state index contributed by atoms with van der Waals surface area (Å²) in [7, 11) is 0. The van der Waals surface area contributed by atoms with Gasteiger partial charge in [0.1, 0.15) is 11.6 Å². The highest BCUT2D eigenvalue weighted by Crippen LogP contribution is 2.33. The van der Waals surface area contributed by atoms with E-state index in [9.17, 15) is 19.8 Å². The van der Waals surface area contributed by atoms with Crippen molar-refractivity contribution >= 4 is 35.3 Å². The van der Waals surface area contributed by atoms with Gasteiger partial charge in [0.05, 0.1) is 10.0 Å². The van der Waals surface area contributed by atoms with Crippen molar-refractivity contribution in [3.05, 3.63) is 27.7 Å². The number of carbonyl (C=O) groups is 2. The summed E-state index contributed by atoms with van der Waals surface area (Å²) in [5.41, 5.74) is -0.283. The molecule has 0 radical (unpaired) electrons. The van der Waals surface area contributed by atoms with Crippen molar-refractivity contribution in [3.63, 3.8) is 0 Å². The van der Waals surface area contributed by atoms with Crippen LogP contribution < -0.4 is 5.32 Å². The molecule has 0 aromatic heterocycles. The first-order valence-corrected chi connectivity index (χ1v) is 7.14. The Bertz CT molecular complexity index is 560. The maximum atomic E-state index is 11.7. The molecule has 0 aliphatic heterocycles. The molecular weight excluding hydrogens is 333 g/mol. The van der Waals surface area contributed by atoms with Gasteiger partial charge in [-0.3, -0.25) is 0 Å². The fourth-order valence-corrected chi connectivity index (χ4v) is 2.15. The lowest BCUT2D eigenvalue weighted by Crippen LogP contribution is -2.44. The zero-order chi connectivity index (χ0) is 17.1. The molecule has 122 valence electrons. The van der Waals surface area contributed by atoms with Gasteiger partial charge >= 0.3 is 12.1 Å². The number of hydrogen-bond donors (Lipinski definition) is 3. The van der Waals surface area contributed by atoms with Crippen LogP contribution in [0.25, 0.3) is 0 Å². The first-order valence-electron chi connectivity index (χ1n) is 6.39. The lowest BCUT2D eigenvalue weighted by Gasteiger charge is -2.22. The van der Waals surface area contributed by atoms with Gasteiger partial charge in [-0.05, 0) is 38.5 Å². The summed E-state index contributed by atoms with van der Waals surface area (Å²) in [4.78, 5) is 22.9. The number of carboxylic acid groups (broad SMARTS) is 1. The van der Waals surface area contributed by atoms with Gasteiger partial charge in [-0.15, -0.1) is 0 Å². The lowest BCUT2D eigenvalue weighted by molar-refractivity contribution is -0.139. The van der Waals surface area contributed by atoms with E-state index in [1.165, 1.54) is 12.1 Å². The third-order valence-corrected chi connectivity index (χ3v) is 3.08. The van der Waals surface area contributed by atoms with E-state index in [0.717, 1.165) is 0 Å². The van der Waals surface area contributed by atoms with Crippen molar-refractivity contribution < 1.29 is 24.5 Å². The van der Waals surface area contributed by atoms with Gasteiger partial charge in [0.15, 0.2) is 5.75 Å². The molecule has 1 atom stereocenters. The molecule has 0 fully saturated rings. The van der Waals surface area contributed by atoms with E-state index in [1.807, 2.05) is 0 Å². The molecule has 22 heavy (non-hydrogen) atoms. The Morgan fingerprint density at radius 3 is 2.18 bits per heavy atom. The molecule has 1 aromatic carbocycles. The Morgan fingerprint density at radius 1 is 1.27 bits per heavy atom. The number of alkyl carbamates (subject to hydrolysis) is 1. The largest absolute Gasteiger partial charge is 0.505 e. The number of ether oxygens (including phenoxy) is 1. The van der Waals surface area contributed by atoms with E-state index in [0.29, 0.717) is 5.56 Å². The summed E-state index contributed by atoms with van der Waals surface area (Å²) in [6.07, 6.45) is -0.898. The Labute approximate surface area is 138 Å². The van der Waals surface area contributed by atoms with Gasteiger partial charge < -0.3 is 20.3 Å². The number of rotatable bonds is 4. The maximum absolute atomic E-state index is 11.7. The van der Waals surface area contributed by atoms with Crippen LogP contribution >= 0.6 is 23.2 Å². The van der Waals surface area contributed by atoms with E-state index in [4.69, 9.17) is 27.9 Å². The number of phenols is 1. The number of aromatic hydroxyl groups is 1. The second-order valence-corrected chi connectivity index (χ2v) is 6.46. The number of carboxylic acids is 1. The highest BCUT2D eigenvalue weighted by Gasteiger charge is 2.24. The number of aliphatic carboxylic acids is 1. The first-order chi connectivity index (χ1) is 9.99. The van der Waals surface area contributed by atoms with Gasteiger partial charge in [0.25, 0.3) is 0 Å². The fourth-order valence-electron chi connectivity index (χ4n) is 1.62. The summed E-state index contributed by atoms with van der Waals surface area (Å²) >= 11 is 11.6. The predicted octanol–water partition coefficient (Wildman–Crippen LogP) is 3.22. The molecule has 0 spiro atoms. The van der Waals surface area contributed by atoms with Gasteiger partial charge in [0, 0.05) is 6.42 Å². The van der Waals surface area contributed by atoms with E-state index < -0.39 is 23.7 Å². The van der Waals surface area contributed by atoms with Crippen molar-refractivity contribution in [1.29, 1.82) is 0 Å². The Hall–Kier alpha value is -1.66. The minimum absolute atomic E-state index is 0.00362. The second-order valence-electron chi connectivity index (χ2n) is 5.65. The molecule has 0 bridgehead atoms. The van der Waals surface area contributed by atoms with Crippen LogP contribution in [-0.2, 0) is 16.0 Å². The topological polar surface area (TPSA) is 95.9 Å². The lowest BCUT2D eigenvalue weighted by atomic mass is 10.1. The number of halogens is 2. The molecule has 0 saturated carbocycles. The van der Waals surface area contributed by atoms with E-state index in [2.05, 4.69) is 5.32 Å². The molecule has 0 saturated heterocycles. The smallest absolute Gasteiger partial charge is 0.408 e. The Morgan fingerprint density at radius 2 is 1.77 bits per heavy atom. The highest BCUT2D eigenvalue weighted by molar-refractivity contribution is 6.37. The number of nitrogens with one attached hydrogen (secondary N) is 1. The summed E-state index contributed by atoms with van der Waals surface area (Å²) < 4.78 is 5.02. The first kappa shape index (κ1) is 18.4. The van der Waals surface area contributed by atoms with Gasteiger partial charge in [0.2, 0.25) is 0 Å². The molecule has 1 aromatic rings. The van der Waals surface area contributed by atoms with E-state index >= 15 is 0 Å². The standard InChI is InChI=1S/C14H17Cl2NO5/c1-14(2,3)22-13(21)17-10(12(19)20)6-7-4-8(15)11(18)9(16)5-7/h4-5,10,18H,6H2,1-3H3,(H,17,21)(H,19,20). The van der Waals surface area contributed by atoms with E-state index in [-0.39, 0.29) is 22.2 Å². The molecule has 1 amide bonds. The van der Waals surface area contributed by atoms with Crippen LogP contribution in [-0.4, -0.2) is 33.9 Å². The summed E-state index contributed by atoms with van der Waals surface area (Å²) in [5.74, 6) is -1.51. The van der Waals surface area contributed by atoms with Gasteiger partial charge in [-0.1, -0.05) is 23.2 Å². The molecule has 8 heteroatoms. The van der Waals surface area contributed by atoms with Crippen molar-refractivity contribution in [2.24, 2.45) is 0 Å². The number of carbonyl (C=O) groups excluding carboxylic acids is 1. The third kappa shape index (κ3) is 5.61. The molecule has 0 aliphatic carbocycles. The zero-order valence-electron chi connectivity index (χ0n) is 12.3. The van der Waals surface area contributed by atoms with Crippen molar-refractivity contribution in [3.8, 4) is 5.75 Å². The number of amides is 1. The van der Waals surface area contributed by atoms with Crippen LogP contribution in [0, 0.1) is 0 Å². The molecule has 1 unspecified atom stereocenters. The van der Waals surface area contributed by atoms with Crippen LogP contribution in [0.3, 0.4) is 0 Å². The van der Waals surface area contributed by atoms with Gasteiger partial charge in [-0.25, -0.2) is 9.59 Å². The van der Waals surface area contributed by atoms with E-state index in [1.54, 1.807) is 20.8 Å². The highest BCUT2D eigenvalue weighted by atomic mass is 35.5. The molecule has 3 N–H and O–H groups in total. The van der Waals surface area contributed by atoms with Gasteiger partial charge in [-0.2, -0.15) is 0 Å². The average molecular weight is 350 g/mol. The maximum Gasteiger partial charge on any atom is 0.408 e. The second kappa shape index (κ2) is 7.07. The summed E-state index contributed by atoms with van der Waals surface area (Å²) in [6.45, 7) is 5.01. The Kier molecular flexibility index (Phi) is 5.91. The van der Waals surface area contributed by atoms with Crippen molar-refractivity contribution in [1.82, 2.24) is 5.32 Å². The summed E-state index contributed by atoms with van der Waals surface area (Å²) in [6, 6.07) is 1.55. The SMILES string of the molecule is CC(C)(C)OC(=O)NC(Cc1cc(Cl)c(O)c(Cl)c1)C(=O)O. The average Bonchev–Trinajstić information content (AvgIpc) is 2.32. The zero-order valence-corrected chi connectivity index (χ0v) is 13.8.